The number of carboxylic acids is 1. The van der Waals surface area contributed by atoms with E-state index in [9.17, 15) is 14.7 Å². The van der Waals surface area contributed by atoms with Crippen LogP contribution in [-0.2, 0) is 4.87 Å². The van der Waals surface area contributed by atoms with Crippen molar-refractivity contribution in [1.29, 1.82) is 0 Å². The number of hydrogen-bond acceptors (Lipinski definition) is 4. The predicted molar refractivity (Wildman–Crippen MR) is 102 cm³/mol. The Hall–Kier alpha value is -2.12. The van der Waals surface area contributed by atoms with Gasteiger partial charge in [0.2, 0.25) is 5.43 Å². The molecule has 0 radical (unpaired) electrons. The summed E-state index contributed by atoms with van der Waals surface area (Å²) < 4.78 is 15.2. The quantitative estimate of drug-likeness (QED) is 0.680. The number of alkyl halides is 1. The molecule has 6 nitrogen and oxygen atoms in total. The van der Waals surface area contributed by atoms with Crippen molar-refractivity contribution in [2.75, 3.05) is 31.6 Å². The monoisotopic (exact) mass is 393 g/mol. The number of nitrogens with zero attached hydrogens (tertiary/aromatic N) is 1. The van der Waals surface area contributed by atoms with Crippen molar-refractivity contribution < 1.29 is 14.3 Å². The van der Waals surface area contributed by atoms with Gasteiger partial charge in [-0.1, -0.05) is 0 Å². The number of carbonyl (C=O) groups is 1. The van der Waals surface area contributed by atoms with E-state index in [1.54, 1.807) is 0 Å². The maximum absolute atomic E-state index is 15.2. The standard InChI is InChI=1S/C19H21ClFN3O3/c1-22-7-10-2-5-24(9-10)16-13(21)6-11-15(14(16)19(20)3-4-19)23-8-12(17(11)25)18(26)27/h6,8,10,22H,2-5,7,9H2,1H3,(H,23,25)(H,26,27). The van der Waals surface area contributed by atoms with Gasteiger partial charge in [0.05, 0.1) is 16.1 Å². The molecule has 0 bridgehead atoms. The number of halogens is 2. The number of pyridine rings is 1. The first-order chi connectivity index (χ1) is 12.9. The van der Waals surface area contributed by atoms with Crippen molar-refractivity contribution in [3.8, 4) is 0 Å². The van der Waals surface area contributed by atoms with Crippen LogP contribution in [0.2, 0.25) is 0 Å². The van der Waals surface area contributed by atoms with E-state index < -0.39 is 27.7 Å². The van der Waals surface area contributed by atoms with E-state index in [1.807, 2.05) is 11.9 Å². The van der Waals surface area contributed by atoms with Gasteiger partial charge in [0.1, 0.15) is 11.4 Å². The maximum Gasteiger partial charge on any atom is 0.341 e. The molecular weight excluding hydrogens is 373 g/mol. The topological polar surface area (TPSA) is 85.4 Å². The highest BCUT2D eigenvalue weighted by atomic mass is 35.5. The third-order valence-electron chi connectivity index (χ3n) is 5.57. The van der Waals surface area contributed by atoms with Gasteiger partial charge in [0, 0.05) is 30.2 Å². The molecule has 1 aromatic carbocycles. The van der Waals surface area contributed by atoms with Crippen LogP contribution in [0.5, 0.6) is 0 Å². The number of fused-ring (bicyclic) bond motifs is 1. The lowest BCUT2D eigenvalue weighted by atomic mass is 10.00. The highest BCUT2D eigenvalue weighted by Crippen LogP contribution is 2.57. The summed E-state index contributed by atoms with van der Waals surface area (Å²) in [4.78, 5) is 28.0. The summed E-state index contributed by atoms with van der Waals surface area (Å²) in [6.45, 7) is 2.28. The Labute approximate surface area is 160 Å². The first-order valence-corrected chi connectivity index (χ1v) is 9.43. The second-order valence-electron chi connectivity index (χ2n) is 7.46. The number of aromatic nitrogens is 1. The number of carboxylic acid groups (broad SMARTS) is 1. The Morgan fingerprint density at radius 2 is 2.26 bits per heavy atom. The second kappa shape index (κ2) is 6.49. The molecule has 1 atom stereocenters. The number of benzene rings is 1. The molecule has 0 spiro atoms. The molecule has 2 aromatic rings. The fraction of sp³-hybridized carbons (Fsp3) is 0.474. The average Bonchev–Trinajstić information content (AvgIpc) is 3.19. The SMILES string of the molecule is CNCC1CCN(c2c(F)cc3c(=O)c(C(=O)O)c[nH]c3c2C2(Cl)CC2)C1. The summed E-state index contributed by atoms with van der Waals surface area (Å²) in [5.74, 6) is -1.45. The summed E-state index contributed by atoms with van der Waals surface area (Å²) in [6.07, 6.45) is 3.50. The molecule has 1 aromatic heterocycles. The molecule has 1 aliphatic carbocycles. The first kappa shape index (κ1) is 18.3. The molecule has 0 amide bonds. The summed E-state index contributed by atoms with van der Waals surface area (Å²) in [7, 11) is 1.90. The van der Waals surface area contributed by atoms with Crippen molar-refractivity contribution in [1.82, 2.24) is 10.3 Å². The normalized spacial score (nSPS) is 21.0. The number of aromatic carboxylic acids is 1. The minimum absolute atomic E-state index is 0.0315. The highest BCUT2D eigenvalue weighted by molar-refractivity contribution is 6.27. The molecular formula is C19H21ClFN3O3. The summed E-state index contributed by atoms with van der Waals surface area (Å²) in [6, 6.07) is 1.15. The Balaban J connectivity index is 1.92. The number of rotatable bonds is 5. The van der Waals surface area contributed by atoms with E-state index in [1.165, 1.54) is 6.20 Å². The van der Waals surface area contributed by atoms with Crippen LogP contribution in [0.15, 0.2) is 17.1 Å². The van der Waals surface area contributed by atoms with Gasteiger partial charge >= 0.3 is 5.97 Å². The minimum Gasteiger partial charge on any atom is -0.477 e. The van der Waals surface area contributed by atoms with Crippen molar-refractivity contribution in [2.45, 2.75) is 24.1 Å². The molecule has 8 heteroatoms. The van der Waals surface area contributed by atoms with Crippen LogP contribution in [0.25, 0.3) is 10.9 Å². The van der Waals surface area contributed by atoms with E-state index >= 15 is 4.39 Å². The van der Waals surface area contributed by atoms with Gasteiger partial charge in [-0.25, -0.2) is 9.18 Å². The number of nitrogens with one attached hydrogen (secondary N) is 2. The van der Waals surface area contributed by atoms with E-state index in [4.69, 9.17) is 11.6 Å². The zero-order chi connectivity index (χ0) is 19.3. The van der Waals surface area contributed by atoms with E-state index in [0.717, 1.165) is 19.0 Å². The highest BCUT2D eigenvalue weighted by Gasteiger charge is 2.47. The second-order valence-corrected chi connectivity index (χ2v) is 8.19. The van der Waals surface area contributed by atoms with E-state index in [0.29, 0.717) is 48.6 Å². The lowest BCUT2D eigenvalue weighted by Gasteiger charge is -2.26. The van der Waals surface area contributed by atoms with Gasteiger partial charge in [-0.3, -0.25) is 4.79 Å². The molecule has 1 aliphatic heterocycles. The maximum atomic E-state index is 15.2. The first-order valence-electron chi connectivity index (χ1n) is 9.06. The Morgan fingerprint density at radius 3 is 2.89 bits per heavy atom. The predicted octanol–water partition coefficient (Wildman–Crippen LogP) is 2.64. The number of hydrogen-bond donors (Lipinski definition) is 3. The van der Waals surface area contributed by atoms with Crippen molar-refractivity contribution >= 4 is 34.2 Å². The summed E-state index contributed by atoms with van der Waals surface area (Å²) in [5, 5.41) is 12.4. The zero-order valence-electron chi connectivity index (χ0n) is 14.9. The van der Waals surface area contributed by atoms with Crippen LogP contribution in [-0.4, -0.2) is 42.7 Å². The third-order valence-corrected chi connectivity index (χ3v) is 6.13. The molecule has 27 heavy (non-hydrogen) atoms. The molecule has 144 valence electrons. The van der Waals surface area contributed by atoms with Crippen molar-refractivity contribution in [3.05, 3.63) is 39.4 Å². The molecule has 2 fully saturated rings. The Bertz CT molecular complexity index is 986. The van der Waals surface area contributed by atoms with Gasteiger partial charge in [0.15, 0.2) is 0 Å². The molecule has 2 aliphatic rings. The summed E-state index contributed by atoms with van der Waals surface area (Å²) >= 11 is 6.71. The lowest BCUT2D eigenvalue weighted by Crippen LogP contribution is -2.27. The largest absolute Gasteiger partial charge is 0.477 e. The van der Waals surface area contributed by atoms with Gasteiger partial charge in [-0.05, 0) is 44.8 Å². The number of H-pyrrole nitrogens is 1. The molecule has 3 N–H and O–H groups in total. The van der Waals surface area contributed by atoms with Crippen LogP contribution >= 0.6 is 11.6 Å². The van der Waals surface area contributed by atoms with Crippen LogP contribution < -0.4 is 15.6 Å². The van der Waals surface area contributed by atoms with Gasteiger partial charge in [0.25, 0.3) is 0 Å². The van der Waals surface area contributed by atoms with Gasteiger partial charge in [-0.2, -0.15) is 0 Å². The van der Waals surface area contributed by atoms with Crippen molar-refractivity contribution in [2.24, 2.45) is 5.92 Å². The van der Waals surface area contributed by atoms with Crippen molar-refractivity contribution in [3.63, 3.8) is 0 Å². The zero-order valence-corrected chi connectivity index (χ0v) is 15.7. The molecule has 1 saturated carbocycles. The van der Waals surface area contributed by atoms with Crippen LogP contribution in [0.3, 0.4) is 0 Å². The minimum atomic E-state index is -1.34. The lowest BCUT2D eigenvalue weighted by molar-refractivity contribution is 0.0695. The number of aromatic amines is 1. The Morgan fingerprint density at radius 1 is 1.52 bits per heavy atom. The molecule has 1 unspecified atom stereocenters. The van der Waals surface area contributed by atoms with Gasteiger partial charge < -0.3 is 20.3 Å². The fourth-order valence-corrected chi connectivity index (χ4v) is 4.36. The third kappa shape index (κ3) is 2.99. The van der Waals surface area contributed by atoms with Gasteiger partial charge in [-0.15, -0.1) is 11.6 Å². The fourth-order valence-electron chi connectivity index (χ4n) is 4.08. The Kier molecular flexibility index (Phi) is 4.39. The van der Waals surface area contributed by atoms with Crippen LogP contribution in [0, 0.1) is 11.7 Å². The van der Waals surface area contributed by atoms with E-state index in [-0.39, 0.29) is 5.39 Å². The molecule has 2 heterocycles. The number of anilines is 1. The average molecular weight is 394 g/mol. The van der Waals surface area contributed by atoms with E-state index in [2.05, 4.69) is 10.3 Å². The molecule has 1 saturated heterocycles. The molecule has 4 rings (SSSR count). The summed E-state index contributed by atoms with van der Waals surface area (Å²) in [5.41, 5.74) is 0.352. The van der Waals surface area contributed by atoms with Crippen LogP contribution in [0.1, 0.15) is 35.2 Å². The van der Waals surface area contributed by atoms with Crippen LogP contribution in [0.4, 0.5) is 10.1 Å². The smallest absolute Gasteiger partial charge is 0.341 e.